The minimum absolute atomic E-state index is 0.132. The number of halogens is 4. The van der Waals surface area contributed by atoms with E-state index in [0.29, 0.717) is 0 Å². The van der Waals surface area contributed by atoms with Gasteiger partial charge in [-0.1, -0.05) is 0 Å². The van der Waals surface area contributed by atoms with Crippen LogP contribution in [0.1, 0.15) is 0 Å². The van der Waals surface area contributed by atoms with Gasteiger partial charge in [0.05, 0.1) is 0 Å². The molecule has 2 rings (SSSR count). The van der Waals surface area contributed by atoms with E-state index in [2.05, 4.69) is 0 Å². The van der Waals surface area contributed by atoms with Gasteiger partial charge in [-0.05, 0) is 0 Å². The first-order valence-corrected chi connectivity index (χ1v) is 7.06. The molecule has 0 aliphatic heterocycles. The molecule has 0 unspecified atom stereocenters. The van der Waals surface area contributed by atoms with Crippen molar-refractivity contribution < 1.29 is 47.3 Å². The van der Waals surface area contributed by atoms with Crippen LogP contribution in [0.15, 0.2) is 36.4 Å². The summed E-state index contributed by atoms with van der Waals surface area (Å²) in [6.07, 6.45) is 0. The van der Waals surface area contributed by atoms with Crippen LogP contribution in [-0.4, -0.2) is 0 Å². The standard InChI is InChI=1S/2C6H4F2O.Zr/c2*7-5-2-1-4(9)3-6(5)8;/h2*1-3,9H;/q;;+2/p-2. The first-order valence-electron chi connectivity index (χ1n) is 5.05. The van der Waals surface area contributed by atoms with Gasteiger partial charge in [-0.15, -0.1) is 0 Å². The predicted octanol–water partition coefficient (Wildman–Crippen LogP) is 3.61. The van der Waals surface area contributed by atoms with Gasteiger partial charge in [0.1, 0.15) is 0 Å². The molecule has 0 bridgehead atoms. The Labute approximate surface area is 118 Å². The van der Waals surface area contributed by atoms with Crippen molar-refractivity contribution in [1.82, 2.24) is 0 Å². The zero-order chi connectivity index (χ0) is 13.8. The van der Waals surface area contributed by atoms with E-state index in [1.807, 2.05) is 0 Å². The van der Waals surface area contributed by atoms with Crippen molar-refractivity contribution in [3.8, 4) is 11.5 Å². The maximum atomic E-state index is 12.9. The predicted molar refractivity (Wildman–Crippen MR) is 54.0 cm³/mol. The molecule has 0 aliphatic rings. The van der Waals surface area contributed by atoms with Crippen molar-refractivity contribution >= 4 is 0 Å². The summed E-state index contributed by atoms with van der Waals surface area (Å²) < 4.78 is 61.3. The molecule has 0 N–H and O–H groups in total. The number of hydrogen-bond acceptors (Lipinski definition) is 2. The molecule has 0 saturated heterocycles. The van der Waals surface area contributed by atoms with E-state index in [0.717, 1.165) is 24.3 Å². The molecule has 0 saturated carbocycles. The quantitative estimate of drug-likeness (QED) is 0.785. The van der Waals surface area contributed by atoms with Gasteiger partial charge in [-0.3, -0.25) is 0 Å². The van der Waals surface area contributed by atoms with Crippen LogP contribution in [0.4, 0.5) is 17.6 Å². The fourth-order valence-corrected chi connectivity index (χ4v) is 2.40. The summed E-state index contributed by atoms with van der Waals surface area (Å²) in [5.74, 6) is -3.73. The molecule has 98 valence electrons. The van der Waals surface area contributed by atoms with Crippen molar-refractivity contribution in [2.45, 2.75) is 0 Å². The molecule has 0 atom stereocenters. The third-order valence-corrected chi connectivity index (χ3v) is 3.67. The van der Waals surface area contributed by atoms with E-state index in [-0.39, 0.29) is 11.5 Å². The number of benzene rings is 2. The molecule has 2 nitrogen and oxygen atoms in total. The average molecular weight is 349 g/mol. The molecule has 0 radical (unpaired) electrons. The SMILES string of the molecule is Fc1ccc([O][Zr][O]c2ccc(F)c(F)c2)cc1F. The third kappa shape index (κ3) is 3.80. The van der Waals surface area contributed by atoms with Crippen LogP contribution in [-0.2, 0) is 24.1 Å². The van der Waals surface area contributed by atoms with Crippen molar-refractivity contribution in [3.05, 3.63) is 59.7 Å². The second-order valence-electron chi connectivity index (χ2n) is 3.44. The van der Waals surface area contributed by atoms with Gasteiger partial charge in [0, 0.05) is 0 Å². The Balaban J connectivity index is 1.92. The summed E-state index contributed by atoms with van der Waals surface area (Å²) in [5.41, 5.74) is 0. The molecule has 0 fully saturated rings. The fraction of sp³-hybridized carbons (Fsp3) is 0. The summed E-state index contributed by atoms with van der Waals surface area (Å²) in [6, 6.07) is 6.17. The van der Waals surface area contributed by atoms with E-state index in [1.54, 1.807) is 0 Å². The van der Waals surface area contributed by atoms with Gasteiger partial charge >= 0.3 is 118 Å². The number of rotatable bonds is 4. The molecular formula is C12H6F4O2Zr. The van der Waals surface area contributed by atoms with E-state index in [4.69, 9.17) is 5.63 Å². The third-order valence-electron chi connectivity index (χ3n) is 2.10. The van der Waals surface area contributed by atoms with E-state index in [9.17, 15) is 17.6 Å². The molecule has 19 heavy (non-hydrogen) atoms. The molecule has 0 aromatic heterocycles. The summed E-state index contributed by atoms with van der Waals surface area (Å²) in [6.45, 7) is 0. The van der Waals surface area contributed by atoms with E-state index >= 15 is 0 Å². The van der Waals surface area contributed by atoms with Gasteiger partial charge in [0.2, 0.25) is 0 Å². The van der Waals surface area contributed by atoms with Crippen LogP contribution < -0.4 is 5.63 Å². The van der Waals surface area contributed by atoms with E-state index < -0.39 is 47.4 Å². The summed E-state index contributed by atoms with van der Waals surface area (Å²) >= 11 is -1.90. The minimum atomic E-state index is -1.90. The fourth-order valence-electron chi connectivity index (χ4n) is 1.20. The van der Waals surface area contributed by atoms with Crippen LogP contribution >= 0.6 is 0 Å². The van der Waals surface area contributed by atoms with Crippen molar-refractivity contribution in [2.24, 2.45) is 0 Å². The Hall–Kier alpha value is -1.36. The molecule has 0 aliphatic carbocycles. The van der Waals surface area contributed by atoms with Gasteiger partial charge in [-0.2, -0.15) is 0 Å². The van der Waals surface area contributed by atoms with Gasteiger partial charge in [0.25, 0.3) is 0 Å². The van der Waals surface area contributed by atoms with Gasteiger partial charge < -0.3 is 0 Å². The first-order chi connectivity index (χ1) is 9.06. The normalized spacial score (nSPS) is 10.1. The maximum absolute atomic E-state index is 12.9. The average Bonchev–Trinajstić information content (AvgIpc) is 2.38. The molecule has 7 heteroatoms. The van der Waals surface area contributed by atoms with Crippen molar-refractivity contribution in [3.63, 3.8) is 0 Å². The molecule has 0 amide bonds. The summed E-state index contributed by atoms with van der Waals surface area (Å²) in [7, 11) is 0. The van der Waals surface area contributed by atoms with Gasteiger partial charge in [0.15, 0.2) is 0 Å². The van der Waals surface area contributed by atoms with Crippen molar-refractivity contribution in [2.75, 3.05) is 0 Å². The van der Waals surface area contributed by atoms with Crippen LogP contribution in [0.25, 0.3) is 0 Å². The van der Waals surface area contributed by atoms with Crippen molar-refractivity contribution in [1.29, 1.82) is 0 Å². The van der Waals surface area contributed by atoms with Gasteiger partial charge in [-0.25, -0.2) is 0 Å². The molecular weight excluding hydrogens is 343 g/mol. The van der Waals surface area contributed by atoms with Crippen LogP contribution in [0.3, 0.4) is 0 Å². The first kappa shape index (κ1) is 14.1. The Bertz CT molecular complexity index is 540. The number of hydrogen-bond donors (Lipinski definition) is 0. The molecule has 0 heterocycles. The van der Waals surface area contributed by atoms with Crippen LogP contribution in [0.2, 0.25) is 0 Å². The summed E-state index contributed by atoms with van der Waals surface area (Å²) in [4.78, 5) is 0. The molecule has 2 aromatic carbocycles. The second kappa shape index (κ2) is 6.19. The summed E-state index contributed by atoms with van der Waals surface area (Å²) in [5, 5.41) is 0. The Morgan fingerprint density at radius 3 is 1.42 bits per heavy atom. The molecule has 2 aromatic rings. The zero-order valence-corrected chi connectivity index (χ0v) is 11.8. The second-order valence-corrected chi connectivity index (χ2v) is 4.85. The zero-order valence-electron chi connectivity index (χ0n) is 9.29. The van der Waals surface area contributed by atoms with Crippen LogP contribution in [0, 0.1) is 23.3 Å². The topological polar surface area (TPSA) is 18.5 Å². The Morgan fingerprint density at radius 2 is 1.05 bits per heavy atom. The van der Waals surface area contributed by atoms with Crippen LogP contribution in [0.5, 0.6) is 11.5 Å². The monoisotopic (exact) mass is 348 g/mol. The van der Waals surface area contributed by atoms with E-state index in [1.165, 1.54) is 12.1 Å². The molecule has 0 spiro atoms. The Kier molecular flexibility index (Phi) is 4.58. The Morgan fingerprint density at radius 1 is 0.632 bits per heavy atom.